The first kappa shape index (κ1) is 15.9. The molecule has 1 aliphatic carbocycles. The molecule has 0 bridgehead atoms. The fourth-order valence-corrected chi connectivity index (χ4v) is 4.69. The number of hydrogen-bond donors (Lipinski definition) is 2. The summed E-state index contributed by atoms with van der Waals surface area (Å²) in [5, 5.41) is 0.147. The van der Waals surface area contributed by atoms with Crippen LogP contribution in [0.3, 0.4) is 0 Å². The van der Waals surface area contributed by atoms with Gasteiger partial charge in [-0.15, -0.1) is 0 Å². The van der Waals surface area contributed by atoms with Gasteiger partial charge in [0.2, 0.25) is 10.0 Å². The highest BCUT2D eigenvalue weighted by molar-refractivity contribution is 8.00. The molecule has 0 atom stereocenters. The first-order valence-electron chi connectivity index (χ1n) is 6.34. The summed E-state index contributed by atoms with van der Waals surface area (Å²) < 4.78 is 27.2. The van der Waals surface area contributed by atoms with E-state index < -0.39 is 10.0 Å². The Bertz CT molecular complexity index is 586. The zero-order valence-corrected chi connectivity index (χ0v) is 13.6. The molecule has 0 aromatic carbocycles. The molecule has 1 aromatic heterocycles. The third kappa shape index (κ3) is 3.39. The van der Waals surface area contributed by atoms with Crippen LogP contribution >= 0.6 is 23.4 Å². The van der Waals surface area contributed by atoms with Crippen LogP contribution in [0.15, 0.2) is 17.2 Å². The van der Waals surface area contributed by atoms with E-state index in [-0.39, 0.29) is 20.5 Å². The van der Waals surface area contributed by atoms with Gasteiger partial charge in [-0.25, -0.2) is 18.1 Å². The lowest BCUT2D eigenvalue weighted by molar-refractivity contribution is 0.551. The minimum atomic E-state index is -3.60. The number of nitrogens with zero attached hydrogens (tertiary/aromatic N) is 1. The van der Waals surface area contributed by atoms with Crippen LogP contribution in [0, 0.1) is 0 Å². The highest BCUT2D eigenvalue weighted by Gasteiger charge is 2.34. The molecular weight excluding hydrogens is 318 g/mol. The van der Waals surface area contributed by atoms with E-state index in [0.717, 1.165) is 25.7 Å². The second kappa shape index (κ2) is 6.09. The maximum atomic E-state index is 12.3. The number of nitrogen functional groups attached to an aromatic ring is 1. The van der Waals surface area contributed by atoms with Crippen molar-refractivity contribution in [2.24, 2.45) is 0 Å². The van der Waals surface area contributed by atoms with Crippen LogP contribution < -0.4 is 10.5 Å². The number of thioether (sulfide) groups is 1. The van der Waals surface area contributed by atoms with E-state index in [1.807, 2.05) is 6.26 Å². The van der Waals surface area contributed by atoms with Gasteiger partial charge in [0.05, 0.1) is 5.02 Å². The zero-order valence-electron chi connectivity index (χ0n) is 11.2. The lowest BCUT2D eigenvalue weighted by atomic mass is 10.1. The fourth-order valence-electron chi connectivity index (χ4n) is 2.36. The van der Waals surface area contributed by atoms with Crippen LogP contribution in [-0.4, -0.2) is 30.9 Å². The Morgan fingerprint density at radius 1 is 1.50 bits per heavy atom. The molecule has 5 nitrogen and oxygen atoms in total. The maximum Gasteiger partial charge on any atom is 0.242 e. The van der Waals surface area contributed by atoms with Crippen molar-refractivity contribution >= 4 is 39.2 Å². The Hall–Kier alpha value is -0.500. The van der Waals surface area contributed by atoms with E-state index in [1.165, 1.54) is 12.3 Å². The molecule has 112 valence electrons. The molecule has 1 saturated carbocycles. The van der Waals surface area contributed by atoms with Crippen LogP contribution in [0.4, 0.5) is 5.82 Å². The number of hydrogen-bond acceptors (Lipinski definition) is 5. The van der Waals surface area contributed by atoms with Crippen LogP contribution in [0.25, 0.3) is 0 Å². The van der Waals surface area contributed by atoms with Crippen molar-refractivity contribution in [3.8, 4) is 0 Å². The first-order valence-corrected chi connectivity index (χ1v) is 9.43. The number of nitrogens with one attached hydrogen (secondary N) is 1. The van der Waals surface area contributed by atoms with Gasteiger partial charge in [-0.1, -0.05) is 24.4 Å². The van der Waals surface area contributed by atoms with Gasteiger partial charge in [0.25, 0.3) is 0 Å². The molecule has 1 fully saturated rings. The predicted molar refractivity (Wildman–Crippen MR) is 83.6 cm³/mol. The van der Waals surface area contributed by atoms with Crippen molar-refractivity contribution in [2.45, 2.75) is 35.3 Å². The lowest BCUT2D eigenvalue weighted by Gasteiger charge is -2.26. The SMILES string of the molecule is CSC1(CNS(=O)(=O)c2cnc(N)c(Cl)c2)CCCC1. The largest absolute Gasteiger partial charge is 0.382 e. The molecule has 8 heteroatoms. The molecular formula is C12H18ClN3O2S2. The van der Waals surface area contributed by atoms with Crippen molar-refractivity contribution < 1.29 is 8.42 Å². The number of pyridine rings is 1. The molecule has 1 aromatic rings. The van der Waals surface area contributed by atoms with Crippen molar-refractivity contribution in [3.05, 3.63) is 17.3 Å². The number of halogens is 1. The number of nitrogens with two attached hydrogens (primary N) is 1. The standard InChI is InChI=1S/C12H18ClN3O2S2/c1-19-12(4-2-3-5-12)8-16-20(17,18)9-6-10(13)11(14)15-7-9/h6-7,16H,2-5,8H2,1H3,(H2,14,15). The van der Waals surface area contributed by atoms with Crippen LogP contribution in [0.5, 0.6) is 0 Å². The molecule has 0 aliphatic heterocycles. The lowest BCUT2D eigenvalue weighted by Crippen LogP contribution is -2.38. The van der Waals surface area contributed by atoms with E-state index in [0.29, 0.717) is 6.54 Å². The van der Waals surface area contributed by atoms with Crippen molar-refractivity contribution in [1.82, 2.24) is 9.71 Å². The van der Waals surface area contributed by atoms with E-state index in [1.54, 1.807) is 11.8 Å². The Morgan fingerprint density at radius 3 is 2.70 bits per heavy atom. The number of anilines is 1. The minimum Gasteiger partial charge on any atom is -0.382 e. The summed E-state index contributed by atoms with van der Waals surface area (Å²) in [6.07, 6.45) is 7.63. The number of rotatable bonds is 5. The van der Waals surface area contributed by atoms with Gasteiger partial charge in [-0.3, -0.25) is 0 Å². The Balaban J connectivity index is 2.13. The average molecular weight is 336 g/mol. The van der Waals surface area contributed by atoms with E-state index >= 15 is 0 Å². The summed E-state index contributed by atoms with van der Waals surface area (Å²) in [5.41, 5.74) is 5.49. The summed E-state index contributed by atoms with van der Waals surface area (Å²) >= 11 is 7.55. The number of aromatic nitrogens is 1. The monoisotopic (exact) mass is 335 g/mol. The topological polar surface area (TPSA) is 85.1 Å². The third-order valence-electron chi connectivity index (χ3n) is 3.69. The Morgan fingerprint density at radius 2 is 2.15 bits per heavy atom. The van der Waals surface area contributed by atoms with Gasteiger partial charge < -0.3 is 5.73 Å². The molecule has 0 unspecified atom stereocenters. The molecule has 20 heavy (non-hydrogen) atoms. The van der Waals surface area contributed by atoms with Crippen molar-refractivity contribution in [3.63, 3.8) is 0 Å². The van der Waals surface area contributed by atoms with Crippen molar-refractivity contribution in [2.75, 3.05) is 18.5 Å². The molecule has 1 heterocycles. The van der Waals surface area contributed by atoms with Crippen LogP contribution in [0.2, 0.25) is 5.02 Å². The summed E-state index contributed by atoms with van der Waals surface area (Å²) in [7, 11) is -3.60. The van der Waals surface area contributed by atoms with Gasteiger partial charge in [-0.05, 0) is 25.2 Å². The van der Waals surface area contributed by atoms with Gasteiger partial charge >= 0.3 is 0 Å². The maximum absolute atomic E-state index is 12.3. The normalized spacial score (nSPS) is 18.3. The van der Waals surface area contributed by atoms with Gasteiger partial charge in [0, 0.05) is 17.5 Å². The smallest absolute Gasteiger partial charge is 0.242 e. The van der Waals surface area contributed by atoms with Crippen LogP contribution in [-0.2, 0) is 10.0 Å². The molecule has 0 spiro atoms. The number of sulfonamides is 1. The van der Waals surface area contributed by atoms with Gasteiger partial charge in [0.1, 0.15) is 10.7 Å². The average Bonchev–Trinajstić information content (AvgIpc) is 2.89. The zero-order chi connectivity index (χ0) is 14.8. The van der Waals surface area contributed by atoms with Crippen LogP contribution in [0.1, 0.15) is 25.7 Å². The van der Waals surface area contributed by atoms with E-state index in [9.17, 15) is 8.42 Å². The molecule has 1 aliphatic rings. The Kier molecular flexibility index (Phi) is 4.84. The second-order valence-electron chi connectivity index (χ2n) is 4.96. The van der Waals surface area contributed by atoms with E-state index in [2.05, 4.69) is 9.71 Å². The quantitative estimate of drug-likeness (QED) is 0.862. The molecule has 0 amide bonds. The van der Waals surface area contributed by atoms with Gasteiger partial charge in [0.15, 0.2) is 0 Å². The predicted octanol–water partition coefficient (Wildman–Crippen LogP) is 2.27. The molecule has 2 rings (SSSR count). The van der Waals surface area contributed by atoms with Crippen molar-refractivity contribution in [1.29, 1.82) is 0 Å². The van der Waals surface area contributed by atoms with Gasteiger partial charge in [-0.2, -0.15) is 11.8 Å². The Labute approximate surface area is 128 Å². The molecule has 0 saturated heterocycles. The first-order chi connectivity index (χ1) is 9.38. The second-order valence-corrected chi connectivity index (χ2v) is 8.41. The summed E-state index contributed by atoms with van der Waals surface area (Å²) in [5.74, 6) is 0.127. The summed E-state index contributed by atoms with van der Waals surface area (Å²) in [6, 6.07) is 1.33. The summed E-state index contributed by atoms with van der Waals surface area (Å²) in [4.78, 5) is 3.83. The highest BCUT2D eigenvalue weighted by Crippen LogP contribution is 2.39. The van der Waals surface area contributed by atoms with E-state index in [4.69, 9.17) is 17.3 Å². The third-order valence-corrected chi connectivity index (χ3v) is 6.78. The highest BCUT2D eigenvalue weighted by atomic mass is 35.5. The fraction of sp³-hybridized carbons (Fsp3) is 0.583. The minimum absolute atomic E-state index is 0.0120. The molecule has 0 radical (unpaired) electrons. The summed E-state index contributed by atoms with van der Waals surface area (Å²) in [6.45, 7) is 0.429. The molecule has 3 N–H and O–H groups in total.